The molecule has 0 atom stereocenters. The summed E-state index contributed by atoms with van der Waals surface area (Å²) in [5.41, 5.74) is 1.01. The van der Waals surface area contributed by atoms with Crippen molar-refractivity contribution in [1.29, 1.82) is 0 Å². The molecular formula is C9H9BrClNO2. The van der Waals surface area contributed by atoms with Gasteiger partial charge in [-0.3, -0.25) is 0 Å². The summed E-state index contributed by atoms with van der Waals surface area (Å²) in [6.07, 6.45) is -0.368. The van der Waals surface area contributed by atoms with Crippen LogP contribution in [0.4, 0.5) is 4.79 Å². The minimum Gasteiger partial charge on any atom is -0.465 e. The first kappa shape index (κ1) is 11.3. The molecule has 0 radical (unpaired) electrons. The van der Waals surface area contributed by atoms with Crippen molar-refractivity contribution in [1.82, 2.24) is 5.32 Å². The molecule has 0 heterocycles. The molecule has 0 bridgehead atoms. The van der Waals surface area contributed by atoms with Crippen LogP contribution >= 0.6 is 27.5 Å². The molecule has 0 aromatic heterocycles. The summed E-state index contributed by atoms with van der Waals surface area (Å²) in [6.45, 7) is 0.396. The van der Waals surface area contributed by atoms with Crippen LogP contribution in [0, 0.1) is 0 Å². The van der Waals surface area contributed by atoms with Crippen molar-refractivity contribution >= 4 is 33.6 Å². The average Bonchev–Trinajstić information content (AvgIpc) is 2.10. The summed E-state index contributed by atoms with van der Waals surface area (Å²) in [6, 6.07) is 5.56. The van der Waals surface area contributed by atoms with Gasteiger partial charge >= 0.3 is 6.09 Å². The molecule has 0 aliphatic rings. The Bertz CT molecular complexity index is 344. The fourth-order valence-corrected chi connectivity index (χ4v) is 1.46. The molecule has 1 aromatic carbocycles. The zero-order valence-corrected chi connectivity index (χ0v) is 9.60. The Morgan fingerprint density at radius 1 is 1.57 bits per heavy atom. The SMILES string of the molecule is O=C(O)NCCc1ccc(Br)c(Cl)c1. The highest BCUT2D eigenvalue weighted by atomic mass is 79.9. The maximum atomic E-state index is 10.2. The Kier molecular flexibility index (Phi) is 4.22. The largest absolute Gasteiger partial charge is 0.465 e. The topological polar surface area (TPSA) is 49.3 Å². The highest BCUT2D eigenvalue weighted by Crippen LogP contribution is 2.23. The van der Waals surface area contributed by atoms with Gasteiger partial charge in [-0.05, 0) is 40.0 Å². The number of benzene rings is 1. The van der Waals surface area contributed by atoms with E-state index in [1.54, 1.807) is 0 Å². The number of halogens is 2. The maximum absolute atomic E-state index is 10.2. The fraction of sp³-hybridized carbons (Fsp3) is 0.222. The van der Waals surface area contributed by atoms with Gasteiger partial charge in [-0.25, -0.2) is 4.79 Å². The molecule has 1 amide bonds. The van der Waals surface area contributed by atoms with E-state index in [0.717, 1.165) is 10.0 Å². The predicted molar refractivity (Wildman–Crippen MR) is 58.9 cm³/mol. The summed E-state index contributed by atoms with van der Waals surface area (Å²) >= 11 is 9.15. The van der Waals surface area contributed by atoms with Crippen molar-refractivity contribution in [2.45, 2.75) is 6.42 Å². The zero-order valence-electron chi connectivity index (χ0n) is 7.26. The van der Waals surface area contributed by atoms with E-state index in [9.17, 15) is 4.79 Å². The van der Waals surface area contributed by atoms with Gasteiger partial charge in [0.2, 0.25) is 0 Å². The Morgan fingerprint density at radius 3 is 2.86 bits per heavy atom. The molecule has 0 aliphatic carbocycles. The van der Waals surface area contributed by atoms with Crippen molar-refractivity contribution in [3.63, 3.8) is 0 Å². The molecule has 0 saturated heterocycles. The lowest BCUT2D eigenvalue weighted by molar-refractivity contribution is 0.194. The molecular weight excluding hydrogens is 269 g/mol. The lowest BCUT2D eigenvalue weighted by Gasteiger charge is -2.03. The number of carboxylic acid groups (broad SMARTS) is 1. The molecule has 14 heavy (non-hydrogen) atoms. The third-order valence-electron chi connectivity index (χ3n) is 1.67. The van der Waals surface area contributed by atoms with Gasteiger partial charge in [-0.1, -0.05) is 17.7 Å². The maximum Gasteiger partial charge on any atom is 0.404 e. The minimum atomic E-state index is -1.01. The van der Waals surface area contributed by atoms with Gasteiger partial charge in [0.15, 0.2) is 0 Å². The number of nitrogens with one attached hydrogen (secondary N) is 1. The Hall–Kier alpha value is -0.740. The molecule has 0 aliphatic heterocycles. The van der Waals surface area contributed by atoms with Crippen molar-refractivity contribution in [2.24, 2.45) is 0 Å². The average molecular weight is 279 g/mol. The molecule has 5 heteroatoms. The second-order valence-electron chi connectivity index (χ2n) is 2.73. The molecule has 3 nitrogen and oxygen atoms in total. The number of hydrogen-bond donors (Lipinski definition) is 2. The third kappa shape index (κ3) is 3.55. The van der Waals surface area contributed by atoms with Crippen LogP contribution in [0.3, 0.4) is 0 Å². The summed E-state index contributed by atoms with van der Waals surface area (Å²) in [5, 5.41) is 11.3. The van der Waals surface area contributed by atoms with Gasteiger partial charge in [0.25, 0.3) is 0 Å². The van der Waals surface area contributed by atoms with Gasteiger partial charge in [0.1, 0.15) is 0 Å². The van der Waals surface area contributed by atoms with Gasteiger partial charge in [-0.2, -0.15) is 0 Å². The second-order valence-corrected chi connectivity index (χ2v) is 3.99. The Labute approximate surface area is 95.2 Å². The molecule has 0 spiro atoms. The van der Waals surface area contributed by atoms with E-state index in [-0.39, 0.29) is 0 Å². The van der Waals surface area contributed by atoms with Crippen molar-refractivity contribution in [3.8, 4) is 0 Å². The number of carbonyl (C=O) groups is 1. The van der Waals surface area contributed by atoms with Crippen LogP contribution in [0.2, 0.25) is 5.02 Å². The first-order chi connectivity index (χ1) is 6.59. The zero-order chi connectivity index (χ0) is 10.6. The summed E-state index contributed by atoms with van der Waals surface area (Å²) in [4.78, 5) is 10.2. The van der Waals surface area contributed by atoms with Crippen molar-refractivity contribution < 1.29 is 9.90 Å². The fourth-order valence-electron chi connectivity index (χ4n) is 1.01. The van der Waals surface area contributed by atoms with Crippen LogP contribution in [-0.4, -0.2) is 17.7 Å². The van der Waals surface area contributed by atoms with Gasteiger partial charge < -0.3 is 10.4 Å². The van der Waals surface area contributed by atoms with Gasteiger partial charge in [0, 0.05) is 11.0 Å². The van der Waals surface area contributed by atoms with Gasteiger partial charge in [0.05, 0.1) is 5.02 Å². The van der Waals surface area contributed by atoms with E-state index >= 15 is 0 Å². The third-order valence-corrected chi connectivity index (χ3v) is 2.91. The Morgan fingerprint density at radius 2 is 2.29 bits per heavy atom. The number of rotatable bonds is 3. The number of amides is 1. The van der Waals surface area contributed by atoms with Crippen LogP contribution in [0.1, 0.15) is 5.56 Å². The van der Waals surface area contributed by atoms with Crippen LogP contribution < -0.4 is 5.32 Å². The second kappa shape index (κ2) is 5.22. The lowest BCUT2D eigenvalue weighted by Crippen LogP contribution is -2.23. The van der Waals surface area contributed by atoms with E-state index in [4.69, 9.17) is 16.7 Å². The minimum absolute atomic E-state index is 0.396. The Balaban J connectivity index is 2.51. The van der Waals surface area contributed by atoms with E-state index in [1.165, 1.54) is 0 Å². The van der Waals surface area contributed by atoms with E-state index in [1.807, 2.05) is 18.2 Å². The summed E-state index contributed by atoms with van der Waals surface area (Å²) < 4.78 is 0.842. The van der Waals surface area contributed by atoms with E-state index < -0.39 is 6.09 Å². The summed E-state index contributed by atoms with van der Waals surface area (Å²) in [5.74, 6) is 0. The highest BCUT2D eigenvalue weighted by molar-refractivity contribution is 9.10. The number of hydrogen-bond acceptors (Lipinski definition) is 1. The highest BCUT2D eigenvalue weighted by Gasteiger charge is 1.99. The quantitative estimate of drug-likeness (QED) is 0.893. The first-order valence-corrected chi connectivity index (χ1v) is 5.17. The van der Waals surface area contributed by atoms with E-state index in [2.05, 4.69) is 21.2 Å². The lowest BCUT2D eigenvalue weighted by atomic mass is 10.1. The van der Waals surface area contributed by atoms with Gasteiger partial charge in [-0.15, -0.1) is 0 Å². The molecule has 0 saturated carbocycles. The summed E-state index contributed by atoms with van der Waals surface area (Å²) in [7, 11) is 0. The van der Waals surface area contributed by atoms with Crippen molar-refractivity contribution in [2.75, 3.05) is 6.54 Å². The monoisotopic (exact) mass is 277 g/mol. The molecule has 2 N–H and O–H groups in total. The van der Waals surface area contributed by atoms with Crippen LogP contribution in [0.25, 0.3) is 0 Å². The van der Waals surface area contributed by atoms with Crippen LogP contribution in [-0.2, 0) is 6.42 Å². The first-order valence-electron chi connectivity index (χ1n) is 4.00. The molecule has 1 rings (SSSR count). The van der Waals surface area contributed by atoms with E-state index in [0.29, 0.717) is 18.0 Å². The molecule has 0 fully saturated rings. The smallest absolute Gasteiger partial charge is 0.404 e. The van der Waals surface area contributed by atoms with Crippen LogP contribution in [0.5, 0.6) is 0 Å². The molecule has 1 aromatic rings. The van der Waals surface area contributed by atoms with Crippen LogP contribution in [0.15, 0.2) is 22.7 Å². The predicted octanol–water partition coefficient (Wildman–Crippen LogP) is 2.91. The molecule has 76 valence electrons. The molecule has 0 unspecified atom stereocenters. The standard InChI is InChI=1S/C9H9BrClNO2/c10-7-2-1-6(5-8(7)11)3-4-12-9(13)14/h1-2,5,12H,3-4H2,(H,13,14). The van der Waals surface area contributed by atoms with Crippen molar-refractivity contribution in [3.05, 3.63) is 33.3 Å². The normalized spacial score (nSPS) is 9.86.